The third-order valence-electron chi connectivity index (χ3n) is 3.27. The van der Waals surface area contributed by atoms with Crippen LogP contribution >= 0.6 is 46.3 Å². The van der Waals surface area contributed by atoms with E-state index in [-0.39, 0.29) is 28.2 Å². The van der Waals surface area contributed by atoms with Crippen molar-refractivity contribution in [2.24, 2.45) is 0 Å². The van der Waals surface area contributed by atoms with Crippen LogP contribution < -0.4 is 5.32 Å². The Labute approximate surface area is 168 Å². The van der Waals surface area contributed by atoms with Gasteiger partial charge in [-0.15, -0.1) is 23.1 Å². The number of halogens is 2. The van der Waals surface area contributed by atoms with Gasteiger partial charge in [-0.25, -0.2) is 0 Å². The zero-order chi connectivity index (χ0) is 19.3. The van der Waals surface area contributed by atoms with E-state index in [1.165, 1.54) is 17.4 Å². The number of carbonyl (C=O) groups excluding carboxylic acids is 2. The molecule has 26 heavy (non-hydrogen) atoms. The van der Waals surface area contributed by atoms with Crippen LogP contribution in [-0.4, -0.2) is 34.3 Å². The SMILES string of the molecule is CCc1cc(C(=O)c2ccc(Cl)c(Cl)c2)c(NC(=O)CSCC(=O)O)s1. The van der Waals surface area contributed by atoms with Crippen molar-refractivity contribution in [3.63, 3.8) is 0 Å². The Morgan fingerprint density at radius 1 is 1.15 bits per heavy atom. The summed E-state index contributed by atoms with van der Waals surface area (Å²) in [4.78, 5) is 36.3. The molecule has 1 aromatic carbocycles. The number of benzene rings is 1. The summed E-state index contributed by atoms with van der Waals surface area (Å²) in [5, 5.41) is 12.4. The van der Waals surface area contributed by atoms with E-state index in [0.717, 1.165) is 23.1 Å². The van der Waals surface area contributed by atoms with E-state index in [2.05, 4.69) is 5.32 Å². The van der Waals surface area contributed by atoms with Gasteiger partial charge in [-0.2, -0.15) is 0 Å². The molecule has 0 saturated carbocycles. The zero-order valence-corrected chi connectivity index (χ0v) is 16.8. The summed E-state index contributed by atoms with van der Waals surface area (Å²) in [6, 6.07) is 6.36. The fourth-order valence-electron chi connectivity index (χ4n) is 2.06. The molecule has 2 N–H and O–H groups in total. The predicted molar refractivity (Wildman–Crippen MR) is 107 cm³/mol. The summed E-state index contributed by atoms with van der Waals surface area (Å²) >= 11 is 14.2. The summed E-state index contributed by atoms with van der Waals surface area (Å²) in [7, 11) is 0. The van der Waals surface area contributed by atoms with Gasteiger partial charge in [-0.05, 0) is 30.7 Å². The molecule has 2 rings (SSSR count). The number of hydrogen-bond acceptors (Lipinski definition) is 5. The van der Waals surface area contributed by atoms with E-state index < -0.39 is 5.97 Å². The number of carboxylic acid groups (broad SMARTS) is 1. The standard InChI is InChI=1S/C17H15Cl2NO4S2/c1-2-10-6-11(16(24)9-3-4-12(18)13(19)5-9)17(26-10)20-14(21)7-25-8-15(22)23/h3-6H,2,7-8H2,1H3,(H,20,21)(H,22,23). The van der Waals surface area contributed by atoms with Gasteiger partial charge in [-0.3, -0.25) is 14.4 Å². The minimum atomic E-state index is -0.984. The summed E-state index contributed by atoms with van der Waals surface area (Å²) in [6.07, 6.45) is 0.718. The fourth-order valence-corrected chi connectivity index (χ4v) is 3.91. The zero-order valence-electron chi connectivity index (χ0n) is 13.7. The molecule has 0 radical (unpaired) electrons. The molecule has 0 fully saturated rings. The average molecular weight is 432 g/mol. The molecule has 0 atom stereocenters. The molecule has 2 aromatic rings. The van der Waals surface area contributed by atoms with Gasteiger partial charge in [0.15, 0.2) is 5.78 Å². The summed E-state index contributed by atoms with van der Waals surface area (Å²) < 4.78 is 0. The van der Waals surface area contributed by atoms with Crippen molar-refractivity contribution in [2.45, 2.75) is 13.3 Å². The lowest BCUT2D eigenvalue weighted by atomic mass is 10.0. The van der Waals surface area contributed by atoms with Crippen molar-refractivity contribution in [1.82, 2.24) is 0 Å². The molecule has 1 heterocycles. The quantitative estimate of drug-likeness (QED) is 0.596. The molecule has 0 aliphatic rings. The molecule has 0 aliphatic heterocycles. The lowest BCUT2D eigenvalue weighted by molar-refractivity contribution is -0.133. The third-order valence-corrected chi connectivity index (χ3v) is 6.12. The van der Waals surface area contributed by atoms with Gasteiger partial charge in [0.05, 0.1) is 27.1 Å². The minimum absolute atomic E-state index is 0.00788. The predicted octanol–water partition coefficient (Wildman–Crippen LogP) is 4.60. The third kappa shape index (κ3) is 5.48. The van der Waals surface area contributed by atoms with E-state index in [4.69, 9.17) is 28.3 Å². The Balaban J connectivity index is 2.21. The van der Waals surface area contributed by atoms with Crippen LogP contribution in [0.2, 0.25) is 10.0 Å². The number of aliphatic carboxylic acids is 1. The lowest BCUT2D eigenvalue weighted by Crippen LogP contribution is -2.16. The highest BCUT2D eigenvalue weighted by molar-refractivity contribution is 8.00. The number of carbonyl (C=O) groups is 3. The summed E-state index contributed by atoms with van der Waals surface area (Å²) in [6.45, 7) is 1.95. The van der Waals surface area contributed by atoms with Crippen LogP contribution in [-0.2, 0) is 16.0 Å². The summed E-state index contributed by atoms with van der Waals surface area (Å²) in [5.41, 5.74) is 0.748. The van der Waals surface area contributed by atoms with Gasteiger partial charge in [0.1, 0.15) is 5.00 Å². The maximum absolute atomic E-state index is 12.8. The monoisotopic (exact) mass is 431 g/mol. The van der Waals surface area contributed by atoms with Crippen LogP contribution in [0.1, 0.15) is 27.7 Å². The number of hydrogen-bond donors (Lipinski definition) is 2. The molecule has 0 spiro atoms. The van der Waals surface area contributed by atoms with Gasteiger partial charge >= 0.3 is 5.97 Å². The highest BCUT2D eigenvalue weighted by atomic mass is 35.5. The number of thioether (sulfide) groups is 1. The van der Waals surface area contributed by atoms with Crippen LogP contribution in [0.15, 0.2) is 24.3 Å². The van der Waals surface area contributed by atoms with E-state index >= 15 is 0 Å². The number of amides is 1. The molecular formula is C17H15Cl2NO4S2. The molecule has 1 amide bonds. The molecule has 5 nitrogen and oxygen atoms in total. The van der Waals surface area contributed by atoms with Gasteiger partial charge in [0.25, 0.3) is 0 Å². The van der Waals surface area contributed by atoms with Crippen LogP contribution in [0.4, 0.5) is 5.00 Å². The normalized spacial score (nSPS) is 10.6. The number of aryl methyl sites for hydroxylation is 1. The number of ketones is 1. The Bertz CT molecular complexity index is 851. The van der Waals surface area contributed by atoms with Crippen molar-refractivity contribution in [1.29, 1.82) is 0 Å². The van der Waals surface area contributed by atoms with Crippen molar-refractivity contribution in [3.05, 3.63) is 50.3 Å². The van der Waals surface area contributed by atoms with Crippen LogP contribution in [0, 0.1) is 0 Å². The topological polar surface area (TPSA) is 83.5 Å². The maximum Gasteiger partial charge on any atom is 0.313 e. The molecule has 0 aliphatic carbocycles. The van der Waals surface area contributed by atoms with Crippen LogP contribution in [0.3, 0.4) is 0 Å². The minimum Gasteiger partial charge on any atom is -0.481 e. The maximum atomic E-state index is 12.8. The lowest BCUT2D eigenvalue weighted by Gasteiger charge is -2.06. The van der Waals surface area contributed by atoms with Crippen LogP contribution in [0.25, 0.3) is 0 Å². The van der Waals surface area contributed by atoms with Crippen molar-refractivity contribution in [3.8, 4) is 0 Å². The number of rotatable bonds is 8. The Morgan fingerprint density at radius 2 is 1.88 bits per heavy atom. The molecule has 9 heteroatoms. The number of nitrogens with one attached hydrogen (secondary N) is 1. The highest BCUT2D eigenvalue weighted by Crippen LogP contribution is 2.32. The second kappa shape index (κ2) is 9.41. The molecule has 0 saturated heterocycles. The molecule has 138 valence electrons. The van der Waals surface area contributed by atoms with E-state index in [1.807, 2.05) is 6.92 Å². The van der Waals surface area contributed by atoms with Crippen molar-refractivity contribution in [2.75, 3.05) is 16.8 Å². The first-order chi connectivity index (χ1) is 12.3. The van der Waals surface area contributed by atoms with Gasteiger partial charge in [0.2, 0.25) is 5.91 Å². The number of thiophene rings is 1. The largest absolute Gasteiger partial charge is 0.481 e. The summed E-state index contributed by atoms with van der Waals surface area (Å²) in [5.74, 6) is -1.78. The van der Waals surface area contributed by atoms with E-state index in [0.29, 0.717) is 21.2 Å². The van der Waals surface area contributed by atoms with Gasteiger partial charge < -0.3 is 10.4 Å². The van der Waals surface area contributed by atoms with E-state index in [1.54, 1.807) is 18.2 Å². The molecule has 1 aromatic heterocycles. The van der Waals surface area contributed by atoms with Gasteiger partial charge in [0, 0.05) is 10.4 Å². The fraction of sp³-hybridized carbons (Fsp3) is 0.235. The molecular weight excluding hydrogens is 417 g/mol. The molecule has 0 bridgehead atoms. The van der Waals surface area contributed by atoms with Crippen molar-refractivity contribution < 1.29 is 19.5 Å². The first-order valence-corrected chi connectivity index (χ1v) is 10.3. The second-order valence-electron chi connectivity index (χ2n) is 5.20. The van der Waals surface area contributed by atoms with Gasteiger partial charge in [-0.1, -0.05) is 30.1 Å². The number of anilines is 1. The Hall–Kier alpha value is -1.54. The second-order valence-corrected chi connectivity index (χ2v) is 8.14. The van der Waals surface area contributed by atoms with E-state index in [9.17, 15) is 14.4 Å². The first kappa shape index (κ1) is 20.8. The Morgan fingerprint density at radius 3 is 2.50 bits per heavy atom. The number of carboxylic acids is 1. The van der Waals surface area contributed by atoms with Crippen LogP contribution in [0.5, 0.6) is 0 Å². The first-order valence-electron chi connectivity index (χ1n) is 7.53. The molecule has 0 unspecified atom stereocenters. The van der Waals surface area contributed by atoms with Crippen molar-refractivity contribution >= 4 is 69.0 Å². The highest BCUT2D eigenvalue weighted by Gasteiger charge is 2.20. The average Bonchev–Trinajstić information content (AvgIpc) is 2.99. The Kier molecular flexibility index (Phi) is 7.52. The smallest absolute Gasteiger partial charge is 0.313 e.